The van der Waals surface area contributed by atoms with Gasteiger partial charge in [-0.1, -0.05) is 13.8 Å². The van der Waals surface area contributed by atoms with Crippen LogP contribution in [0.5, 0.6) is 0 Å². The van der Waals surface area contributed by atoms with E-state index in [4.69, 9.17) is 9.84 Å². The van der Waals surface area contributed by atoms with E-state index in [2.05, 4.69) is 4.72 Å². The molecule has 17 heavy (non-hydrogen) atoms. The summed E-state index contributed by atoms with van der Waals surface area (Å²) in [4.78, 5) is 0. The predicted molar refractivity (Wildman–Crippen MR) is 68.3 cm³/mol. The van der Waals surface area contributed by atoms with Gasteiger partial charge in [0.1, 0.15) is 0 Å². The number of rotatable bonds is 9. The molecule has 0 saturated heterocycles. The highest BCUT2D eigenvalue weighted by Gasteiger charge is 2.20. The molecule has 1 unspecified atom stereocenters. The van der Waals surface area contributed by atoms with Crippen LogP contribution in [0.15, 0.2) is 0 Å². The Morgan fingerprint density at radius 3 is 2.24 bits per heavy atom. The standard InChI is InChI=1S/C11H25NO4S/c1-9(2)11(5-6-13)12-17(14,15)8-7-16-10(3)4/h9-13H,5-8H2,1-4H3. The molecule has 104 valence electrons. The van der Waals surface area contributed by atoms with Gasteiger partial charge in [-0.05, 0) is 26.2 Å². The van der Waals surface area contributed by atoms with Crippen LogP contribution in [0.25, 0.3) is 0 Å². The number of hydrogen-bond donors (Lipinski definition) is 2. The minimum Gasteiger partial charge on any atom is -0.396 e. The summed E-state index contributed by atoms with van der Waals surface area (Å²) in [6.45, 7) is 7.75. The largest absolute Gasteiger partial charge is 0.396 e. The van der Waals surface area contributed by atoms with Crippen LogP contribution in [0.2, 0.25) is 0 Å². The Balaban J connectivity index is 4.21. The van der Waals surface area contributed by atoms with Crippen molar-refractivity contribution in [1.29, 1.82) is 0 Å². The van der Waals surface area contributed by atoms with E-state index in [1.165, 1.54) is 0 Å². The SMILES string of the molecule is CC(C)OCCS(=O)(=O)NC(CCO)C(C)C. The lowest BCUT2D eigenvalue weighted by atomic mass is 10.0. The predicted octanol–water partition coefficient (Wildman–Crippen LogP) is 0.738. The quantitative estimate of drug-likeness (QED) is 0.646. The molecule has 5 nitrogen and oxygen atoms in total. The third-order valence-electron chi connectivity index (χ3n) is 2.38. The molecular weight excluding hydrogens is 242 g/mol. The molecule has 0 spiro atoms. The van der Waals surface area contributed by atoms with Crippen LogP contribution >= 0.6 is 0 Å². The van der Waals surface area contributed by atoms with Crippen molar-refractivity contribution in [3.8, 4) is 0 Å². The molecule has 0 fully saturated rings. The summed E-state index contributed by atoms with van der Waals surface area (Å²) >= 11 is 0. The number of hydrogen-bond acceptors (Lipinski definition) is 4. The fourth-order valence-electron chi connectivity index (χ4n) is 1.35. The lowest BCUT2D eigenvalue weighted by Crippen LogP contribution is -2.41. The monoisotopic (exact) mass is 267 g/mol. The van der Waals surface area contributed by atoms with Gasteiger partial charge in [-0.25, -0.2) is 13.1 Å². The highest BCUT2D eigenvalue weighted by molar-refractivity contribution is 7.89. The van der Waals surface area contributed by atoms with Crippen molar-refractivity contribution >= 4 is 10.0 Å². The molecule has 0 rings (SSSR count). The molecule has 0 radical (unpaired) electrons. The maximum atomic E-state index is 11.7. The number of sulfonamides is 1. The fourth-order valence-corrected chi connectivity index (χ4v) is 2.64. The highest BCUT2D eigenvalue weighted by Crippen LogP contribution is 2.07. The van der Waals surface area contributed by atoms with E-state index in [1.54, 1.807) is 0 Å². The zero-order valence-corrected chi connectivity index (χ0v) is 12.0. The topological polar surface area (TPSA) is 75.6 Å². The molecule has 0 amide bonds. The summed E-state index contributed by atoms with van der Waals surface area (Å²) in [5.74, 6) is 0.114. The third kappa shape index (κ3) is 8.54. The number of ether oxygens (including phenoxy) is 1. The fraction of sp³-hybridized carbons (Fsp3) is 1.00. The van der Waals surface area contributed by atoms with Crippen LogP contribution in [-0.2, 0) is 14.8 Å². The van der Waals surface area contributed by atoms with E-state index >= 15 is 0 Å². The zero-order valence-electron chi connectivity index (χ0n) is 11.1. The van der Waals surface area contributed by atoms with Crippen molar-refractivity contribution in [2.75, 3.05) is 19.0 Å². The van der Waals surface area contributed by atoms with Crippen LogP contribution in [0.4, 0.5) is 0 Å². The van der Waals surface area contributed by atoms with E-state index in [1.807, 2.05) is 27.7 Å². The Bertz CT molecular complexity index is 288. The molecule has 1 atom stereocenters. The van der Waals surface area contributed by atoms with Crippen molar-refractivity contribution in [2.24, 2.45) is 5.92 Å². The third-order valence-corrected chi connectivity index (χ3v) is 3.75. The molecule has 2 N–H and O–H groups in total. The van der Waals surface area contributed by atoms with Gasteiger partial charge in [-0.3, -0.25) is 0 Å². The van der Waals surface area contributed by atoms with Crippen molar-refractivity contribution in [1.82, 2.24) is 4.72 Å². The maximum Gasteiger partial charge on any atom is 0.214 e. The van der Waals surface area contributed by atoms with Crippen molar-refractivity contribution in [3.63, 3.8) is 0 Å². The first-order valence-corrected chi connectivity index (χ1v) is 7.66. The normalized spacial score (nSPS) is 14.5. The molecule has 0 saturated carbocycles. The van der Waals surface area contributed by atoms with Gasteiger partial charge in [0.05, 0.1) is 18.5 Å². The summed E-state index contributed by atoms with van der Waals surface area (Å²) in [6.07, 6.45) is 0.464. The smallest absolute Gasteiger partial charge is 0.214 e. The van der Waals surface area contributed by atoms with Crippen LogP contribution in [0.1, 0.15) is 34.1 Å². The van der Waals surface area contributed by atoms with Crippen LogP contribution in [0, 0.1) is 5.92 Å². The first-order chi connectivity index (χ1) is 7.78. The Morgan fingerprint density at radius 1 is 1.24 bits per heavy atom. The first-order valence-electron chi connectivity index (χ1n) is 6.01. The molecule has 0 aliphatic heterocycles. The average molecular weight is 267 g/mol. The Labute approximate surface area is 105 Å². The van der Waals surface area contributed by atoms with Crippen LogP contribution in [-0.4, -0.2) is 44.6 Å². The van der Waals surface area contributed by atoms with E-state index in [0.29, 0.717) is 6.42 Å². The lowest BCUT2D eigenvalue weighted by Gasteiger charge is -2.21. The second kappa shape index (κ2) is 8.02. The van der Waals surface area contributed by atoms with Gasteiger partial charge in [-0.15, -0.1) is 0 Å². The van der Waals surface area contributed by atoms with Gasteiger partial charge >= 0.3 is 0 Å². The van der Waals surface area contributed by atoms with E-state index in [-0.39, 0.29) is 37.0 Å². The Kier molecular flexibility index (Phi) is 7.94. The zero-order chi connectivity index (χ0) is 13.5. The van der Waals surface area contributed by atoms with Gasteiger partial charge in [0.25, 0.3) is 0 Å². The molecule has 0 aromatic heterocycles. The summed E-state index contributed by atoms with van der Waals surface area (Å²) in [5.41, 5.74) is 0. The maximum absolute atomic E-state index is 11.7. The van der Waals surface area contributed by atoms with Crippen LogP contribution < -0.4 is 4.72 Å². The Hall–Kier alpha value is -0.170. The number of aliphatic hydroxyl groups excluding tert-OH is 1. The molecule has 0 heterocycles. The van der Waals surface area contributed by atoms with E-state index < -0.39 is 10.0 Å². The molecule has 0 bridgehead atoms. The number of nitrogens with one attached hydrogen (secondary N) is 1. The molecule has 0 aromatic rings. The van der Waals surface area contributed by atoms with Gasteiger partial charge < -0.3 is 9.84 Å². The van der Waals surface area contributed by atoms with Gasteiger partial charge in [0, 0.05) is 12.6 Å². The van der Waals surface area contributed by atoms with Crippen molar-refractivity contribution < 1.29 is 18.3 Å². The average Bonchev–Trinajstić information content (AvgIpc) is 2.15. The second-order valence-corrected chi connectivity index (χ2v) is 6.59. The molecule has 0 aromatic carbocycles. The number of aliphatic hydroxyl groups is 1. The summed E-state index contributed by atoms with van der Waals surface area (Å²) < 4.78 is 31.3. The first kappa shape index (κ1) is 16.8. The van der Waals surface area contributed by atoms with Crippen molar-refractivity contribution in [2.45, 2.75) is 46.3 Å². The summed E-state index contributed by atoms with van der Waals surface area (Å²) in [5, 5.41) is 8.87. The lowest BCUT2D eigenvalue weighted by molar-refractivity contribution is 0.0911. The van der Waals surface area contributed by atoms with E-state index in [9.17, 15) is 8.42 Å². The highest BCUT2D eigenvalue weighted by atomic mass is 32.2. The van der Waals surface area contributed by atoms with Crippen LogP contribution in [0.3, 0.4) is 0 Å². The molecular formula is C11H25NO4S. The molecule has 0 aliphatic rings. The van der Waals surface area contributed by atoms with E-state index in [0.717, 1.165) is 0 Å². The Morgan fingerprint density at radius 2 is 1.82 bits per heavy atom. The minimum atomic E-state index is -3.33. The molecule has 6 heteroatoms. The summed E-state index contributed by atoms with van der Waals surface area (Å²) in [7, 11) is -3.33. The molecule has 0 aliphatic carbocycles. The van der Waals surface area contributed by atoms with Gasteiger partial charge in [-0.2, -0.15) is 0 Å². The van der Waals surface area contributed by atoms with Crippen molar-refractivity contribution in [3.05, 3.63) is 0 Å². The summed E-state index contributed by atoms with van der Waals surface area (Å²) in [6, 6.07) is -0.218. The van der Waals surface area contributed by atoms with Gasteiger partial charge in [0.2, 0.25) is 10.0 Å². The second-order valence-electron chi connectivity index (χ2n) is 4.72. The van der Waals surface area contributed by atoms with Gasteiger partial charge in [0.15, 0.2) is 0 Å². The minimum absolute atomic E-state index is 0.0200.